The van der Waals surface area contributed by atoms with E-state index in [1.54, 1.807) is 6.08 Å². The Morgan fingerprint density at radius 2 is 2.45 bits per heavy atom. The van der Waals surface area contributed by atoms with Gasteiger partial charge in [0.15, 0.2) is 0 Å². The third kappa shape index (κ3) is 2.02. The largest absolute Gasteiger partial charge is 0.373 e. The summed E-state index contributed by atoms with van der Waals surface area (Å²) in [6.45, 7) is 5.76. The van der Waals surface area contributed by atoms with Crippen LogP contribution in [0, 0.1) is 0 Å². The third-order valence-electron chi connectivity index (χ3n) is 2.11. The topological polar surface area (TPSA) is 47.3 Å². The Morgan fingerprint density at radius 1 is 1.73 bits per heavy atom. The van der Waals surface area contributed by atoms with Gasteiger partial charge >= 0.3 is 0 Å². The SMILES string of the molecule is C=CC(NN)C1CCC(C)O1. The quantitative estimate of drug-likeness (QED) is 0.357. The number of hydrogen-bond acceptors (Lipinski definition) is 3. The molecule has 0 aromatic rings. The molecule has 3 nitrogen and oxygen atoms in total. The smallest absolute Gasteiger partial charge is 0.0781 e. The Hall–Kier alpha value is -0.380. The number of rotatable bonds is 3. The summed E-state index contributed by atoms with van der Waals surface area (Å²) in [6.07, 6.45) is 4.57. The van der Waals surface area contributed by atoms with Crippen molar-refractivity contribution >= 4 is 0 Å². The molecule has 0 aliphatic carbocycles. The number of hydrogen-bond donors (Lipinski definition) is 2. The molecule has 3 N–H and O–H groups in total. The van der Waals surface area contributed by atoms with Crippen molar-refractivity contribution in [1.82, 2.24) is 5.43 Å². The van der Waals surface area contributed by atoms with E-state index in [1.165, 1.54) is 0 Å². The Labute approximate surface area is 67.6 Å². The van der Waals surface area contributed by atoms with E-state index in [4.69, 9.17) is 10.6 Å². The molecule has 3 atom stereocenters. The summed E-state index contributed by atoms with van der Waals surface area (Å²) in [5.41, 5.74) is 2.67. The van der Waals surface area contributed by atoms with Crippen molar-refractivity contribution in [3.05, 3.63) is 12.7 Å². The number of hydrazine groups is 1. The fourth-order valence-corrected chi connectivity index (χ4v) is 1.42. The molecule has 1 heterocycles. The Bertz CT molecular complexity index is 138. The summed E-state index contributed by atoms with van der Waals surface area (Å²) in [5.74, 6) is 5.31. The maximum Gasteiger partial charge on any atom is 0.0781 e. The van der Waals surface area contributed by atoms with Gasteiger partial charge in [-0.3, -0.25) is 11.3 Å². The number of nitrogens with two attached hydrogens (primary N) is 1. The van der Waals surface area contributed by atoms with E-state index in [-0.39, 0.29) is 12.1 Å². The first-order chi connectivity index (χ1) is 5.27. The van der Waals surface area contributed by atoms with E-state index >= 15 is 0 Å². The van der Waals surface area contributed by atoms with Crippen LogP contribution in [-0.2, 0) is 4.74 Å². The van der Waals surface area contributed by atoms with Crippen molar-refractivity contribution in [3.8, 4) is 0 Å². The van der Waals surface area contributed by atoms with Gasteiger partial charge in [0.1, 0.15) is 0 Å². The van der Waals surface area contributed by atoms with Crippen molar-refractivity contribution in [2.45, 2.75) is 38.0 Å². The summed E-state index contributed by atoms with van der Waals surface area (Å²) in [4.78, 5) is 0. The minimum Gasteiger partial charge on any atom is -0.373 e. The van der Waals surface area contributed by atoms with E-state index in [9.17, 15) is 0 Å². The maximum absolute atomic E-state index is 5.59. The highest BCUT2D eigenvalue weighted by atomic mass is 16.5. The van der Waals surface area contributed by atoms with Gasteiger partial charge in [-0.1, -0.05) is 6.08 Å². The molecule has 0 amide bonds. The fourth-order valence-electron chi connectivity index (χ4n) is 1.42. The lowest BCUT2D eigenvalue weighted by molar-refractivity contribution is 0.0420. The van der Waals surface area contributed by atoms with Gasteiger partial charge in [0.25, 0.3) is 0 Å². The molecule has 0 aromatic carbocycles. The molecule has 11 heavy (non-hydrogen) atoms. The van der Waals surface area contributed by atoms with E-state index < -0.39 is 0 Å². The molecular weight excluding hydrogens is 140 g/mol. The molecule has 1 aliphatic heterocycles. The molecule has 0 bridgehead atoms. The highest BCUT2D eigenvalue weighted by molar-refractivity contribution is 4.93. The molecule has 0 saturated carbocycles. The maximum atomic E-state index is 5.59. The summed E-state index contributed by atoms with van der Waals surface area (Å²) in [5, 5.41) is 0. The van der Waals surface area contributed by atoms with E-state index in [0.717, 1.165) is 12.8 Å². The van der Waals surface area contributed by atoms with Crippen LogP contribution in [0.2, 0.25) is 0 Å². The van der Waals surface area contributed by atoms with Crippen LogP contribution < -0.4 is 11.3 Å². The molecule has 0 spiro atoms. The van der Waals surface area contributed by atoms with E-state index in [0.29, 0.717) is 6.10 Å². The second kappa shape index (κ2) is 3.85. The third-order valence-corrected chi connectivity index (χ3v) is 2.11. The zero-order valence-electron chi connectivity index (χ0n) is 6.92. The van der Waals surface area contributed by atoms with Gasteiger partial charge < -0.3 is 4.74 Å². The minimum absolute atomic E-state index is 0.0972. The zero-order chi connectivity index (χ0) is 8.27. The van der Waals surface area contributed by atoms with Crippen molar-refractivity contribution < 1.29 is 4.74 Å². The first kappa shape index (κ1) is 8.71. The zero-order valence-corrected chi connectivity index (χ0v) is 6.92. The van der Waals surface area contributed by atoms with Crippen LogP contribution in [0.1, 0.15) is 19.8 Å². The molecular formula is C8H16N2O. The molecule has 3 heteroatoms. The van der Waals surface area contributed by atoms with Crippen LogP contribution in [-0.4, -0.2) is 18.2 Å². The molecule has 1 rings (SSSR count). The van der Waals surface area contributed by atoms with Gasteiger partial charge in [0.2, 0.25) is 0 Å². The van der Waals surface area contributed by atoms with Crippen molar-refractivity contribution in [2.24, 2.45) is 5.84 Å². The van der Waals surface area contributed by atoms with Crippen LogP contribution in [0.3, 0.4) is 0 Å². The van der Waals surface area contributed by atoms with Crippen LogP contribution in [0.15, 0.2) is 12.7 Å². The van der Waals surface area contributed by atoms with E-state index in [2.05, 4.69) is 18.9 Å². The first-order valence-electron chi connectivity index (χ1n) is 4.02. The minimum atomic E-state index is 0.0972. The second-order valence-corrected chi connectivity index (χ2v) is 2.99. The van der Waals surface area contributed by atoms with Gasteiger partial charge in [-0.2, -0.15) is 0 Å². The second-order valence-electron chi connectivity index (χ2n) is 2.99. The summed E-state index contributed by atoms with van der Waals surface area (Å²) in [6, 6.07) is 0.0972. The average Bonchev–Trinajstić information content (AvgIpc) is 2.39. The lowest BCUT2D eigenvalue weighted by Crippen LogP contribution is -2.42. The predicted molar refractivity (Wildman–Crippen MR) is 44.9 cm³/mol. The van der Waals surface area contributed by atoms with E-state index in [1.807, 2.05) is 0 Å². The predicted octanol–water partition coefficient (Wildman–Crippen LogP) is 0.572. The molecule has 1 saturated heterocycles. The standard InChI is InChI=1S/C8H16N2O/c1-3-7(10-9)8-5-4-6(2)11-8/h3,6-8,10H,1,4-5,9H2,2H3. The molecule has 3 unspecified atom stereocenters. The monoisotopic (exact) mass is 156 g/mol. The van der Waals surface area contributed by atoms with Gasteiger partial charge in [-0.15, -0.1) is 6.58 Å². The highest BCUT2D eigenvalue weighted by Gasteiger charge is 2.26. The Morgan fingerprint density at radius 3 is 2.82 bits per heavy atom. The fraction of sp³-hybridized carbons (Fsp3) is 0.750. The van der Waals surface area contributed by atoms with Gasteiger partial charge in [0.05, 0.1) is 18.2 Å². The Kier molecular flexibility index (Phi) is 3.05. The van der Waals surface area contributed by atoms with Crippen LogP contribution in [0.25, 0.3) is 0 Å². The van der Waals surface area contributed by atoms with Crippen LogP contribution in [0.4, 0.5) is 0 Å². The molecule has 0 aromatic heterocycles. The van der Waals surface area contributed by atoms with Crippen molar-refractivity contribution in [3.63, 3.8) is 0 Å². The van der Waals surface area contributed by atoms with Gasteiger partial charge in [-0.05, 0) is 19.8 Å². The van der Waals surface area contributed by atoms with Crippen LogP contribution in [0.5, 0.6) is 0 Å². The van der Waals surface area contributed by atoms with Gasteiger partial charge in [0, 0.05) is 0 Å². The number of nitrogens with one attached hydrogen (secondary N) is 1. The Balaban J connectivity index is 2.40. The average molecular weight is 156 g/mol. The molecule has 1 aliphatic rings. The van der Waals surface area contributed by atoms with Crippen molar-refractivity contribution in [1.29, 1.82) is 0 Å². The summed E-state index contributed by atoms with van der Waals surface area (Å²) >= 11 is 0. The van der Waals surface area contributed by atoms with Crippen LogP contribution >= 0.6 is 0 Å². The normalized spacial score (nSPS) is 33.6. The van der Waals surface area contributed by atoms with Crippen molar-refractivity contribution in [2.75, 3.05) is 0 Å². The summed E-state index contributed by atoms with van der Waals surface area (Å²) < 4.78 is 5.59. The molecule has 64 valence electrons. The molecule has 0 radical (unpaired) electrons. The highest BCUT2D eigenvalue weighted by Crippen LogP contribution is 2.21. The first-order valence-corrected chi connectivity index (χ1v) is 4.02. The lowest BCUT2D eigenvalue weighted by Gasteiger charge is -2.18. The lowest BCUT2D eigenvalue weighted by atomic mass is 10.1. The molecule has 1 fully saturated rings. The van der Waals surface area contributed by atoms with Gasteiger partial charge in [-0.25, -0.2) is 0 Å². The number of ether oxygens (including phenoxy) is 1. The summed E-state index contributed by atoms with van der Waals surface area (Å²) in [7, 11) is 0.